The van der Waals surface area contributed by atoms with E-state index in [2.05, 4.69) is 20.9 Å². The molecule has 0 N–H and O–H groups in total. The number of pyridine rings is 1. The average molecular weight is 370 g/mol. The Morgan fingerprint density at radius 2 is 2.36 bits per heavy atom. The third-order valence-corrected chi connectivity index (χ3v) is 4.50. The van der Waals surface area contributed by atoms with Gasteiger partial charge in [-0.1, -0.05) is 0 Å². The molecule has 0 amide bonds. The van der Waals surface area contributed by atoms with E-state index in [0.29, 0.717) is 13.0 Å². The number of hydrogen-bond donors (Lipinski definition) is 0. The molecular weight excluding hydrogens is 350 g/mol. The lowest BCUT2D eigenvalue weighted by atomic mass is 10.1. The van der Waals surface area contributed by atoms with E-state index in [1.807, 2.05) is 13.0 Å². The summed E-state index contributed by atoms with van der Waals surface area (Å²) in [6.07, 6.45) is 5.02. The molecule has 3 rings (SSSR count). The lowest BCUT2D eigenvalue weighted by molar-refractivity contribution is -0.190. The van der Waals surface area contributed by atoms with Crippen molar-refractivity contribution >= 4 is 21.9 Å². The number of halogens is 1. The quantitative estimate of drug-likeness (QED) is 0.760. The molecule has 1 saturated heterocycles. The molecule has 2 aliphatic rings. The van der Waals surface area contributed by atoms with E-state index >= 15 is 0 Å². The van der Waals surface area contributed by atoms with Crippen molar-refractivity contribution in [1.29, 1.82) is 0 Å². The SMILES string of the molecule is CCOC(=O)C1CC(OC2CCCCO2)c2cc(Br)cnc21. The van der Waals surface area contributed by atoms with E-state index < -0.39 is 0 Å². The lowest BCUT2D eigenvalue weighted by Crippen LogP contribution is -2.24. The number of nitrogens with zero attached hydrogens (tertiary/aromatic N) is 1. The molecular formula is C16H20BrNO4. The second-order valence-corrected chi connectivity index (χ2v) is 6.50. The highest BCUT2D eigenvalue weighted by Gasteiger charge is 2.39. The number of aromatic nitrogens is 1. The third-order valence-electron chi connectivity index (χ3n) is 4.07. The minimum Gasteiger partial charge on any atom is -0.465 e. The topological polar surface area (TPSA) is 57.7 Å². The van der Waals surface area contributed by atoms with E-state index in [9.17, 15) is 4.79 Å². The minimum absolute atomic E-state index is 0.169. The Morgan fingerprint density at radius 3 is 3.09 bits per heavy atom. The third kappa shape index (κ3) is 3.34. The summed E-state index contributed by atoms with van der Waals surface area (Å²) in [7, 11) is 0. The van der Waals surface area contributed by atoms with E-state index in [4.69, 9.17) is 14.2 Å². The molecule has 3 unspecified atom stereocenters. The summed E-state index contributed by atoms with van der Waals surface area (Å²) in [4.78, 5) is 16.6. The number of carbonyl (C=O) groups excluding carboxylic acids is 1. The molecule has 1 fully saturated rings. The van der Waals surface area contributed by atoms with Gasteiger partial charge in [-0.2, -0.15) is 0 Å². The van der Waals surface area contributed by atoms with Gasteiger partial charge in [0, 0.05) is 22.8 Å². The highest BCUT2D eigenvalue weighted by Crippen LogP contribution is 2.43. The second-order valence-electron chi connectivity index (χ2n) is 5.59. The molecule has 0 radical (unpaired) electrons. The van der Waals surface area contributed by atoms with Gasteiger partial charge in [0.25, 0.3) is 0 Å². The number of fused-ring (bicyclic) bond motifs is 1. The largest absolute Gasteiger partial charge is 0.465 e. The fourth-order valence-corrected chi connectivity index (χ4v) is 3.40. The molecule has 0 saturated carbocycles. The standard InChI is InChI=1S/C16H20BrNO4/c1-2-20-16(19)12-8-13(22-14-5-3-4-6-21-14)11-7-10(17)9-18-15(11)12/h7,9,12-14H,2-6,8H2,1H3. The molecule has 1 aliphatic carbocycles. The van der Waals surface area contributed by atoms with Crippen LogP contribution in [0, 0.1) is 0 Å². The number of hydrogen-bond acceptors (Lipinski definition) is 5. The van der Waals surface area contributed by atoms with Crippen LogP contribution in [0.15, 0.2) is 16.7 Å². The van der Waals surface area contributed by atoms with Gasteiger partial charge in [-0.25, -0.2) is 0 Å². The van der Waals surface area contributed by atoms with Crippen molar-refractivity contribution < 1.29 is 19.0 Å². The van der Waals surface area contributed by atoms with Crippen molar-refractivity contribution in [3.05, 3.63) is 28.0 Å². The van der Waals surface area contributed by atoms with Crippen molar-refractivity contribution in [2.24, 2.45) is 0 Å². The first-order valence-electron chi connectivity index (χ1n) is 7.78. The van der Waals surface area contributed by atoms with Gasteiger partial charge in [0.1, 0.15) is 5.92 Å². The number of ether oxygens (including phenoxy) is 3. The van der Waals surface area contributed by atoms with Crippen LogP contribution in [0.1, 0.15) is 55.9 Å². The Labute approximate surface area is 138 Å². The number of esters is 1. The monoisotopic (exact) mass is 369 g/mol. The van der Waals surface area contributed by atoms with Crippen LogP contribution in [0.3, 0.4) is 0 Å². The Morgan fingerprint density at radius 1 is 1.50 bits per heavy atom. The molecule has 3 atom stereocenters. The van der Waals surface area contributed by atoms with E-state index in [-0.39, 0.29) is 24.3 Å². The normalized spacial score (nSPS) is 27.5. The van der Waals surface area contributed by atoms with Crippen LogP contribution < -0.4 is 0 Å². The van der Waals surface area contributed by atoms with Gasteiger partial charge in [0.05, 0.1) is 18.4 Å². The summed E-state index contributed by atoms with van der Waals surface area (Å²) < 4.78 is 17.8. The van der Waals surface area contributed by atoms with Gasteiger partial charge in [-0.3, -0.25) is 9.78 Å². The van der Waals surface area contributed by atoms with E-state index in [1.165, 1.54) is 0 Å². The maximum atomic E-state index is 12.2. The second kappa shape index (κ2) is 7.06. The van der Waals surface area contributed by atoms with Crippen molar-refractivity contribution in [3.8, 4) is 0 Å². The molecule has 0 spiro atoms. The first-order chi connectivity index (χ1) is 10.7. The van der Waals surface area contributed by atoms with Crippen molar-refractivity contribution in [2.75, 3.05) is 13.2 Å². The van der Waals surface area contributed by atoms with E-state index in [0.717, 1.165) is 41.6 Å². The number of carbonyl (C=O) groups is 1. The average Bonchev–Trinajstić information content (AvgIpc) is 2.87. The van der Waals surface area contributed by atoms with Gasteiger partial charge in [0.2, 0.25) is 0 Å². The van der Waals surface area contributed by atoms with Gasteiger partial charge < -0.3 is 14.2 Å². The molecule has 22 heavy (non-hydrogen) atoms. The smallest absolute Gasteiger partial charge is 0.315 e. The van der Waals surface area contributed by atoms with Crippen LogP contribution in [0.5, 0.6) is 0 Å². The minimum atomic E-state index is -0.350. The maximum absolute atomic E-state index is 12.2. The van der Waals surface area contributed by atoms with Gasteiger partial charge in [-0.05, 0) is 54.6 Å². The van der Waals surface area contributed by atoms with Gasteiger partial charge >= 0.3 is 5.97 Å². The zero-order chi connectivity index (χ0) is 15.5. The van der Waals surface area contributed by atoms with Crippen LogP contribution >= 0.6 is 15.9 Å². The van der Waals surface area contributed by atoms with Crippen LogP contribution in [0.4, 0.5) is 0 Å². The summed E-state index contributed by atoms with van der Waals surface area (Å²) in [6.45, 7) is 2.92. The molecule has 2 heterocycles. The Bertz CT molecular complexity index is 545. The first kappa shape index (κ1) is 15.9. The zero-order valence-corrected chi connectivity index (χ0v) is 14.2. The lowest BCUT2D eigenvalue weighted by Gasteiger charge is -2.26. The van der Waals surface area contributed by atoms with Gasteiger partial charge in [0.15, 0.2) is 6.29 Å². The highest BCUT2D eigenvalue weighted by atomic mass is 79.9. The number of rotatable bonds is 4. The van der Waals surface area contributed by atoms with Crippen LogP contribution in [-0.4, -0.2) is 30.5 Å². The summed E-state index contributed by atoms with van der Waals surface area (Å²) in [5.74, 6) is -0.578. The molecule has 1 aliphatic heterocycles. The molecule has 1 aromatic rings. The molecule has 6 heteroatoms. The Hall–Kier alpha value is -0.980. The fraction of sp³-hybridized carbons (Fsp3) is 0.625. The van der Waals surface area contributed by atoms with E-state index in [1.54, 1.807) is 6.20 Å². The molecule has 120 valence electrons. The van der Waals surface area contributed by atoms with Crippen LogP contribution in [0.25, 0.3) is 0 Å². The van der Waals surface area contributed by atoms with Crippen molar-refractivity contribution in [1.82, 2.24) is 4.98 Å². The fourth-order valence-electron chi connectivity index (χ4n) is 3.05. The van der Waals surface area contributed by atoms with Crippen molar-refractivity contribution in [3.63, 3.8) is 0 Å². The summed E-state index contributed by atoms with van der Waals surface area (Å²) in [5, 5.41) is 0. The molecule has 5 nitrogen and oxygen atoms in total. The zero-order valence-electron chi connectivity index (χ0n) is 12.6. The summed E-state index contributed by atoms with van der Waals surface area (Å²) in [6, 6.07) is 1.98. The van der Waals surface area contributed by atoms with Crippen LogP contribution in [-0.2, 0) is 19.0 Å². The Kier molecular flexibility index (Phi) is 5.10. The summed E-state index contributed by atoms with van der Waals surface area (Å²) >= 11 is 3.44. The molecule has 0 aromatic carbocycles. The summed E-state index contributed by atoms with van der Waals surface area (Å²) in [5.41, 5.74) is 1.73. The van der Waals surface area contributed by atoms with Gasteiger partial charge in [-0.15, -0.1) is 0 Å². The predicted octanol–water partition coefficient (Wildman–Crippen LogP) is 3.48. The molecule has 1 aromatic heterocycles. The highest BCUT2D eigenvalue weighted by molar-refractivity contribution is 9.10. The Balaban J connectivity index is 1.80. The predicted molar refractivity (Wildman–Crippen MR) is 83.3 cm³/mol. The maximum Gasteiger partial charge on any atom is 0.315 e. The molecule has 0 bridgehead atoms. The first-order valence-corrected chi connectivity index (χ1v) is 8.57. The van der Waals surface area contributed by atoms with Crippen LogP contribution in [0.2, 0.25) is 0 Å². The van der Waals surface area contributed by atoms with Crippen molar-refractivity contribution in [2.45, 2.75) is 50.9 Å².